The normalized spacial score (nSPS) is 13.4. The molecule has 0 saturated heterocycles. The van der Waals surface area contributed by atoms with Gasteiger partial charge in [0, 0.05) is 9.90 Å². The van der Waals surface area contributed by atoms with E-state index >= 15 is 0 Å². The Labute approximate surface area is 202 Å². The summed E-state index contributed by atoms with van der Waals surface area (Å²) in [7, 11) is 1.53. The molecule has 0 fully saturated rings. The topological polar surface area (TPSA) is 76.5 Å². The monoisotopic (exact) mass is 488 g/mol. The molecular formula is C24H29ClN4O3S. The number of thiophene rings is 1. The Morgan fingerprint density at radius 1 is 1.27 bits per heavy atom. The number of benzene rings is 1. The van der Waals surface area contributed by atoms with Crippen molar-refractivity contribution >= 4 is 44.7 Å². The lowest BCUT2D eigenvalue weighted by Gasteiger charge is -2.20. The number of ether oxygens (including phenoxy) is 1. The number of rotatable bonds is 8. The summed E-state index contributed by atoms with van der Waals surface area (Å²) in [6, 6.07) is 5.02. The van der Waals surface area contributed by atoms with E-state index < -0.39 is 0 Å². The molecule has 0 radical (unpaired) electrons. The van der Waals surface area contributed by atoms with E-state index in [9.17, 15) is 9.59 Å². The maximum absolute atomic E-state index is 13.7. The van der Waals surface area contributed by atoms with Gasteiger partial charge < -0.3 is 10.1 Å². The van der Waals surface area contributed by atoms with Crippen molar-refractivity contribution in [3.63, 3.8) is 0 Å². The van der Waals surface area contributed by atoms with Gasteiger partial charge >= 0.3 is 0 Å². The Morgan fingerprint density at radius 2 is 2.03 bits per heavy atom. The van der Waals surface area contributed by atoms with E-state index in [0.29, 0.717) is 34.2 Å². The van der Waals surface area contributed by atoms with Crippen molar-refractivity contribution in [2.45, 2.75) is 52.6 Å². The lowest BCUT2D eigenvalue weighted by atomic mass is 9.97. The molecule has 0 spiro atoms. The van der Waals surface area contributed by atoms with E-state index in [1.54, 1.807) is 29.5 Å². The number of aryl methyl sites for hydroxylation is 2. The number of nitrogens with one attached hydrogen (secondary N) is 1. The van der Waals surface area contributed by atoms with Gasteiger partial charge in [0.25, 0.3) is 5.56 Å². The molecule has 1 aliphatic rings. The molecule has 7 nitrogen and oxygen atoms in total. The molecule has 0 unspecified atom stereocenters. The minimum Gasteiger partial charge on any atom is -0.495 e. The zero-order valence-electron chi connectivity index (χ0n) is 19.2. The van der Waals surface area contributed by atoms with Crippen molar-refractivity contribution in [2.75, 3.05) is 25.5 Å². The second kappa shape index (κ2) is 10.2. The van der Waals surface area contributed by atoms with Crippen LogP contribution in [-0.4, -0.2) is 40.6 Å². The summed E-state index contributed by atoms with van der Waals surface area (Å²) < 4.78 is 6.87. The Hall–Kier alpha value is -2.42. The van der Waals surface area contributed by atoms with E-state index in [1.807, 2.05) is 0 Å². The minimum absolute atomic E-state index is 0.126. The van der Waals surface area contributed by atoms with Crippen LogP contribution in [0.4, 0.5) is 5.69 Å². The molecule has 3 aromatic rings. The van der Waals surface area contributed by atoms with Crippen LogP contribution in [0.3, 0.4) is 0 Å². The van der Waals surface area contributed by atoms with Crippen LogP contribution in [0.1, 0.15) is 43.0 Å². The zero-order chi connectivity index (χ0) is 23.5. The number of anilines is 1. The van der Waals surface area contributed by atoms with E-state index in [0.717, 1.165) is 49.2 Å². The van der Waals surface area contributed by atoms with Crippen LogP contribution in [-0.2, 0) is 30.7 Å². The van der Waals surface area contributed by atoms with Crippen molar-refractivity contribution in [3.8, 4) is 5.75 Å². The highest BCUT2D eigenvalue weighted by Crippen LogP contribution is 2.34. The van der Waals surface area contributed by atoms with Crippen molar-refractivity contribution in [1.82, 2.24) is 14.5 Å². The number of aromatic nitrogens is 2. The molecule has 4 rings (SSSR count). The molecule has 1 aromatic carbocycles. The second-order valence-electron chi connectivity index (χ2n) is 8.16. The Kier molecular flexibility index (Phi) is 7.36. The summed E-state index contributed by atoms with van der Waals surface area (Å²) in [5.41, 5.74) is 1.46. The van der Waals surface area contributed by atoms with E-state index in [-0.39, 0.29) is 18.0 Å². The predicted octanol–water partition coefficient (Wildman–Crippen LogP) is 4.48. The maximum Gasteiger partial charge on any atom is 0.263 e. The molecule has 0 aliphatic heterocycles. The van der Waals surface area contributed by atoms with Crippen LogP contribution < -0.4 is 15.6 Å². The van der Waals surface area contributed by atoms with Gasteiger partial charge in [-0.1, -0.05) is 25.4 Å². The Bertz CT molecular complexity index is 1230. The fraction of sp³-hybridized carbons (Fsp3) is 0.458. The number of carbonyl (C=O) groups is 1. The smallest absolute Gasteiger partial charge is 0.263 e. The first kappa shape index (κ1) is 23.7. The fourth-order valence-electron chi connectivity index (χ4n) is 4.32. The van der Waals surface area contributed by atoms with Crippen LogP contribution >= 0.6 is 22.9 Å². The third-order valence-electron chi connectivity index (χ3n) is 6.15. The average molecular weight is 489 g/mol. The highest BCUT2D eigenvalue weighted by Gasteiger charge is 2.23. The zero-order valence-corrected chi connectivity index (χ0v) is 20.8. The lowest BCUT2D eigenvalue weighted by molar-refractivity contribution is -0.116. The number of carbonyl (C=O) groups excluding carboxylic acids is 1. The molecule has 9 heteroatoms. The molecule has 2 aromatic heterocycles. The van der Waals surface area contributed by atoms with Crippen molar-refractivity contribution in [3.05, 3.63) is 49.8 Å². The molecule has 0 bridgehead atoms. The van der Waals surface area contributed by atoms with Gasteiger partial charge in [-0.15, -0.1) is 11.3 Å². The number of halogens is 1. The van der Waals surface area contributed by atoms with Gasteiger partial charge in [-0.05, 0) is 62.5 Å². The number of fused-ring (bicyclic) bond motifs is 3. The van der Waals surface area contributed by atoms with Gasteiger partial charge in [0.15, 0.2) is 0 Å². The summed E-state index contributed by atoms with van der Waals surface area (Å²) in [6.07, 6.45) is 4.11. The van der Waals surface area contributed by atoms with Crippen LogP contribution in [0, 0.1) is 0 Å². The second-order valence-corrected chi connectivity index (χ2v) is 9.68. The van der Waals surface area contributed by atoms with Gasteiger partial charge in [-0.25, -0.2) is 4.98 Å². The van der Waals surface area contributed by atoms with Crippen LogP contribution in [0.15, 0.2) is 23.0 Å². The summed E-state index contributed by atoms with van der Waals surface area (Å²) in [5, 5.41) is 4.01. The summed E-state index contributed by atoms with van der Waals surface area (Å²) in [4.78, 5) is 35.9. The third kappa shape index (κ3) is 4.93. The molecule has 2 heterocycles. The first-order valence-corrected chi connectivity index (χ1v) is 12.5. The maximum atomic E-state index is 13.7. The molecule has 0 saturated carbocycles. The van der Waals surface area contributed by atoms with E-state index in [4.69, 9.17) is 21.3 Å². The fourth-order valence-corrected chi connectivity index (χ4v) is 5.77. The molecule has 1 aliphatic carbocycles. The highest BCUT2D eigenvalue weighted by atomic mass is 35.5. The minimum atomic E-state index is -0.330. The van der Waals surface area contributed by atoms with Crippen LogP contribution in [0.5, 0.6) is 5.75 Å². The van der Waals surface area contributed by atoms with Crippen molar-refractivity contribution < 1.29 is 9.53 Å². The van der Waals surface area contributed by atoms with E-state index in [1.165, 1.54) is 16.6 Å². The number of amides is 1. The Morgan fingerprint density at radius 3 is 2.76 bits per heavy atom. The molecule has 1 amide bonds. The van der Waals surface area contributed by atoms with Gasteiger partial charge in [0.05, 0.1) is 24.7 Å². The average Bonchev–Trinajstić information content (AvgIpc) is 3.18. The van der Waals surface area contributed by atoms with Crippen molar-refractivity contribution in [2.24, 2.45) is 0 Å². The van der Waals surface area contributed by atoms with Gasteiger partial charge in [0.2, 0.25) is 5.91 Å². The van der Waals surface area contributed by atoms with Crippen molar-refractivity contribution in [1.29, 1.82) is 0 Å². The highest BCUT2D eigenvalue weighted by molar-refractivity contribution is 7.18. The first-order chi connectivity index (χ1) is 15.9. The number of hydrogen-bond acceptors (Lipinski definition) is 6. The number of hydrogen-bond donors (Lipinski definition) is 1. The van der Waals surface area contributed by atoms with Gasteiger partial charge in [-0.2, -0.15) is 0 Å². The molecule has 0 atom stereocenters. The largest absolute Gasteiger partial charge is 0.495 e. The standard InChI is InChI=1S/C24H29ClN4O3S/c1-4-28(5-2)13-20-27-23-22(16-8-6-7-9-19(16)33-23)24(31)29(20)14-21(30)26-17-12-15(25)10-11-18(17)32-3/h10-12H,4-9,13-14H2,1-3H3,(H,26,30). The molecule has 176 valence electrons. The predicted molar refractivity (Wildman–Crippen MR) is 134 cm³/mol. The Balaban J connectivity index is 1.74. The van der Waals surface area contributed by atoms with Gasteiger partial charge in [0.1, 0.15) is 22.9 Å². The van der Waals surface area contributed by atoms with E-state index in [2.05, 4.69) is 24.1 Å². The summed E-state index contributed by atoms with van der Waals surface area (Å²) >= 11 is 7.73. The summed E-state index contributed by atoms with van der Waals surface area (Å²) in [5.74, 6) is 0.788. The number of methoxy groups -OCH3 is 1. The number of nitrogens with zero attached hydrogens (tertiary/aromatic N) is 3. The quantitative estimate of drug-likeness (QED) is 0.506. The molecule has 33 heavy (non-hydrogen) atoms. The summed E-state index contributed by atoms with van der Waals surface area (Å²) in [6.45, 7) is 6.20. The van der Waals surface area contributed by atoms with Gasteiger partial charge in [-0.3, -0.25) is 19.1 Å². The van der Waals surface area contributed by atoms with Crippen LogP contribution in [0.2, 0.25) is 5.02 Å². The lowest BCUT2D eigenvalue weighted by Crippen LogP contribution is -2.34. The molecular weight excluding hydrogens is 460 g/mol. The SMILES string of the molecule is CCN(CC)Cc1nc2sc3c(c2c(=O)n1CC(=O)Nc1cc(Cl)ccc1OC)CCCC3. The van der Waals surface area contributed by atoms with Crippen LogP contribution in [0.25, 0.3) is 10.2 Å². The first-order valence-electron chi connectivity index (χ1n) is 11.3. The molecule has 1 N–H and O–H groups in total. The third-order valence-corrected chi connectivity index (χ3v) is 7.57.